The van der Waals surface area contributed by atoms with Crippen LogP contribution in [0.3, 0.4) is 0 Å². The third-order valence-electron chi connectivity index (χ3n) is 11.9. The quantitative estimate of drug-likeness (QED) is 0.167. The molecule has 12 rings (SSSR count). The number of hydrogen-bond donors (Lipinski definition) is 0. The fraction of sp³-hybridized carbons (Fsp3) is 0. The Morgan fingerprint density at radius 3 is 1.66 bits per heavy atom. The molecule has 0 unspecified atom stereocenters. The molecule has 0 atom stereocenters. The minimum Gasteiger partial charge on any atom is -0.454 e. The first kappa shape index (κ1) is 33.7. The molecule has 10 aromatic carbocycles. The monoisotopic (exact) mass is 769 g/mol. The van der Waals surface area contributed by atoms with Crippen molar-refractivity contribution >= 4 is 92.1 Å². The van der Waals surface area contributed by atoms with Gasteiger partial charge in [0, 0.05) is 47.9 Å². The van der Waals surface area contributed by atoms with E-state index in [2.05, 4.69) is 217 Å². The molecule has 0 saturated heterocycles. The number of hydrogen-bond acceptors (Lipinski definition) is 3. The molecule has 0 fully saturated rings. The van der Waals surface area contributed by atoms with Crippen LogP contribution in [0.1, 0.15) is 0 Å². The standard InChI is InChI=1S/C56H35NOS/c1-3-13-36(14-4-1)37-25-30-42(31-26-37)57(50-24-12-22-47-52-44-19-9-7-17-39(44)29-34-51(52)58-54(47)50)43-32-27-40(28-33-43)46-21-11-23-48-53-45-20-10-8-18-41(45)35-49(56(53)59-55(46)48)38-15-5-2-6-16-38/h1-35H. The minimum absolute atomic E-state index is 0.867. The topological polar surface area (TPSA) is 16.4 Å². The molecule has 0 aliphatic rings. The molecule has 276 valence electrons. The predicted octanol–water partition coefficient (Wildman–Crippen LogP) is 16.7. The maximum atomic E-state index is 6.81. The van der Waals surface area contributed by atoms with Gasteiger partial charge in [0.15, 0.2) is 5.58 Å². The fourth-order valence-corrected chi connectivity index (χ4v) is 10.5. The molecule has 2 heterocycles. The average molecular weight is 770 g/mol. The van der Waals surface area contributed by atoms with Gasteiger partial charge in [-0.25, -0.2) is 0 Å². The molecular formula is C56H35NOS. The van der Waals surface area contributed by atoms with Gasteiger partial charge in [-0.05, 0) is 91.8 Å². The average Bonchev–Trinajstić information content (AvgIpc) is 3.90. The number of thiophene rings is 1. The molecule has 0 radical (unpaired) electrons. The van der Waals surface area contributed by atoms with Crippen molar-refractivity contribution in [2.45, 2.75) is 0 Å². The van der Waals surface area contributed by atoms with Crippen LogP contribution < -0.4 is 4.90 Å². The SMILES string of the molecule is c1ccc(-c2ccc(N(c3ccc(-c4cccc5c4sc4c(-c6ccccc6)cc6ccccc6c45)cc3)c3cccc4c3oc3ccc5ccccc5c34)cc2)cc1. The van der Waals surface area contributed by atoms with Crippen molar-refractivity contribution in [3.63, 3.8) is 0 Å². The van der Waals surface area contributed by atoms with Gasteiger partial charge >= 0.3 is 0 Å². The molecule has 0 saturated carbocycles. The van der Waals surface area contributed by atoms with E-state index >= 15 is 0 Å². The van der Waals surface area contributed by atoms with E-state index in [9.17, 15) is 0 Å². The Bertz CT molecular complexity index is 3530. The normalized spacial score (nSPS) is 11.7. The van der Waals surface area contributed by atoms with E-state index in [4.69, 9.17) is 4.42 Å². The van der Waals surface area contributed by atoms with Crippen LogP contribution >= 0.6 is 11.3 Å². The molecule has 0 bridgehead atoms. The Kier molecular flexibility index (Phi) is 7.75. The summed E-state index contributed by atoms with van der Waals surface area (Å²) in [6, 6.07) is 76.6. The highest BCUT2D eigenvalue weighted by atomic mass is 32.1. The van der Waals surface area contributed by atoms with E-state index in [0.717, 1.165) is 39.0 Å². The summed E-state index contributed by atoms with van der Waals surface area (Å²) < 4.78 is 9.44. The lowest BCUT2D eigenvalue weighted by molar-refractivity contribution is 0.669. The number of furan rings is 1. The summed E-state index contributed by atoms with van der Waals surface area (Å²) >= 11 is 1.90. The molecule has 3 heteroatoms. The number of rotatable bonds is 6. The lowest BCUT2D eigenvalue weighted by Crippen LogP contribution is -2.10. The van der Waals surface area contributed by atoms with Crippen LogP contribution in [-0.4, -0.2) is 0 Å². The second-order valence-electron chi connectivity index (χ2n) is 15.2. The highest BCUT2D eigenvalue weighted by Gasteiger charge is 2.22. The first-order valence-corrected chi connectivity index (χ1v) is 20.9. The highest BCUT2D eigenvalue weighted by Crippen LogP contribution is 2.48. The third kappa shape index (κ3) is 5.47. The molecule has 2 aromatic heterocycles. The van der Waals surface area contributed by atoms with Crippen LogP contribution in [0.4, 0.5) is 17.1 Å². The van der Waals surface area contributed by atoms with Crippen LogP contribution in [0.5, 0.6) is 0 Å². The van der Waals surface area contributed by atoms with Crippen LogP contribution in [-0.2, 0) is 0 Å². The van der Waals surface area contributed by atoms with E-state index in [1.54, 1.807) is 0 Å². The third-order valence-corrected chi connectivity index (χ3v) is 13.1. The summed E-state index contributed by atoms with van der Waals surface area (Å²) in [6.45, 7) is 0. The van der Waals surface area contributed by atoms with Gasteiger partial charge in [-0.1, -0.05) is 170 Å². The van der Waals surface area contributed by atoms with Crippen molar-refractivity contribution in [1.82, 2.24) is 0 Å². The van der Waals surface area contributed by atoms with E-state index in [-0.39, 0.29) is 0 Å². The van der Waals surface area contributed by atoms with E-state index in [1.165, 1.54) is 75.1 Å². The predicted molar refractivity (Wildman–Crippen MR) is 253 cm³/mol. The van der Waals surface area contributed by atoms with Crippen LogP contribution in [0.25, 0.3) is 97.0 Å². The number of anilines is 3. The lowest BCUT2D eigenvalue weighted by atomic mass is 9.95. The summed E-state index contributed by atoms with van der Waals surface area (Å²) in [6.07, 6.45) is 0. The highest BCUT2D eigenvalue weighted by molar-refractivity contribution is 7.27. The molecule has 0 aliphatic heterocycles. The minimum atomic E-state index is 0.867. The summed E-state index contributed by atoms with van der Waals surface area (Å²) in [4.78, 5) is 2.34. The zero-order chi connectivity index (χ0) is 38.9. The molecule has 0 N–H and O–H groups in total. The lowest BCUT2D eigenvalue weighted by Gasteiger charge is -2.26. The summed E-state index contributed by atoms with van der Waals surface area (Å²) in [5, 5.41) is 9.84. The van der Waals surface area contributed by atoms with Crippen molar-refractivity contribution < 1.29 is 4.42 Å². The molecule has 2 nitrogen and oxygen atoms in total. The maximum absolute atomic E-state index is 6.81. The van der Waals surface area contributed by atoms with Crippen molar-refractivity contribution in [2.24, 2.45) is 0 Å². The van der Waals surface area contributed by atoms with Gasteiger partial charge in [-0.15, -0.1) is 11.3 Å². The zero-order valence-corrected chi connectivity index (χ0v) is 32.8. The van der Waals surface area contributed by atoms with Crippen molar-refractivity contribution in [2.75, 3.05) is 4.90 Å². The first-order chi connectivity index (χ1) is 29.3. The fourth-order valence-electron chi connectivity index (χ4n) is 9.09. The van der Waals surface area contributed by atoms with E-state index in [1.807, 2.05) is 11.3 Å². The Morgan fingerprint density at radius 1 is 0.356 bits per heavy atom. The molecule has 0 aliphatic carbocycles. The van der Waals surface area contributed by atoms with Crippen LogP contribution in [0.15, 0.2) is 217 Å². The van der Waals surface area contributed by atoms with E-state index < -0.39 is 0 Å². The van der Waals surface area contributed by atoms with Gasteiger partial charge < -0.3 is 9.32 Å². The van der Waals surface area contributed by atoms with Gasteiger partial charge in [0.25, 0.3) is 0 Å². The molecule has 12 aromatic rings. The van der Waals surface area contributed by atoms with Crippen molar-refractivity contribution in [1.29, 1.82) is 0 Å². The van der Waals surface area contributed by atoms with Crippen LogP contribution in [0, 0.1) is 0 Å². The Morgan fingerprint density at radius 2 is 0.915 bits per heavy atom. The summed E-state index contributed by atoms with van der Waals surface area (Å²) in [5.74, 6) is 0. The Labute approximate surface area is 345 Å². The largest absolute Gasteiger partial charge is 0.454 e. The zero-order valence-electron chi connectivity index (χ0n) is 32.0. The van der Waals surface area contributed by atoms with Gasteiger partial charge in [0.1, 0.15) is 5.58 Å². The second kappa shape index (κ2) is 13.6. The van der Waals surface area contributed by atoms with Gasteiger partial charge in [-0.2, -0.15) is 0 Å². The number of benzene rings is 10. The summed E-state index contributed by atoms with van der Waals surface area (Å²) in [7, 11) is 0. The molecule has 0 spiro atoms. The Balaban J connectivity index is 1.03. The number of fused-ring (bicyclic) bond motifs is 10. The molecule has 0 amide bonds. The Hall–Kier alpha value is -7.46. The first-order valence-electron chi connectivity index (χ1n) is 20.1. The van der Waals surface area contributed by atoms with Crippen molar-refractivity contribution in [3.05, 3.63) is 212 Å². The number of nitrogens with zero attached hydrogens (tertiary/aromatic N) is 1. The van der Waals surface area contributed by atoms with Crippen molar-refractivity contribution in [3.8, 4) is 33.4 Å². The van der Waals surface area contributed by atoms with Crippen LogP contribution in [0.2, 0.25) is 0 Å². The summed E-state index contributed by atoms with van der Waals surface area (Å²) in [5.41, 5.74) is 12.2. The van der Waals surface area contributed by atoms with Gasteiger partial charge in [-0.3, -0.25) is 0 Å². The van der Waals surface area contributed by atoms with Gasteiger partial charge in [0.2, 0.25) is 0 Å². The van der Waals surface area contributed by atoms with Gasteiger partial charge in [0.05, 0.1) is 5.69 Å². The molecular weight excluding hydrogens is 735 g/mol. The maximum Gasteiger partial charge on any atom is 0.159 e. The smallest absolute Gasteiger partial charge is 0.159 e. The second-order valence-corrected chi connectivity index (χ2v) is 16.2. The molecule has 59 heavy (non-hydrogen) atoms. The van der Waals surface area contributed by atoms with E-state index in [0.29, 0.717) is 0 Å². The number of para-hydroxylation sites is 1.